The molecule has 0 aliphatic heterocycles. The van der Waals surface area contributed by atoms with E-state index in [1.54, 1.807) is 0 Å². The molecule has 5 aliphatic carbocycles. The molecule has 5 rings (SSSR count). The zero-order chi connectivity index (χ0) is 25.7. The standard InChI is InChI=1S/C31H52O4/c1-17(2)31(15-19(31)4)13-8-18(3)20-9-11-30(7)22-14-23(32)25-27(35)26(34)24(33)16-28(25,5)21(22)10-12-29(20,30)6/h10,17-20,22-27,32-35H,8-9,11-16H2,1-7H3. The molecule has 0 saturated heterocycles. The lowest BCUT2D eigenvalue weighted by atomic mass is 9.43. The maximum absolute atomic E-state index is 11.4. The maximum atomic E-state index is 11.4. The third-order valence-electron chi connectivity index (χ3n) is 13.4. The largest absolute Gasteiger partial charge is 0.393 e. The summed E-state index contributed by atoms with van der Waals surface area (Å²) >= 11 is 0. The molecule has 5 aliphatic rings. The van der Waals surface area contributed by atoms with Gasteiger partial charge in [0, 0.05) is 5.92 Å². The van der Waals surface area contributed by atoms with Crippen molar-refractivity contribution in [3.05, 3.63) is 11.6 Å². The van der Waals surface area contributed by atoms with Crippen molar-refractivity contribution in [2.45, 2.75) is 124 Å². The average Bonchev–Trinajstić information content (AvgIpc) is 3.35. The van der Waals surface area contributed by atoms with Crippen molar-refractivity contribution in [1.29, 1.82) is 0 Å². The average molecular weight is 489 g/mol. The molecule has 200 valence electrons. The Kier molecular flexibility index (Phi) is 6.20. The molecule has 4 N–H and O–H groups in total. The maximum Gasteiger partial charge on any atom is 0.106 e. The quantitative estimate of drug-likeness (QED) is 0.395. The third kappa shape index (κ3) is 3.45. The fourth-order valence-corrected chi connectivity index (χ4v) is 10.7. The van der Waals surface area contributed by atoms with E-state index in [2.05, 4.69) is 54.5 Å². The zero-order valence-corrected chi connectivity index (χ0v) is 23.3. The Balaban J connectivity index is 1.41. The van der Waals surface area contributed by atoms with Crippen molar-refractivity contribution < 1.29 is 20.4 Å². The van der Waals surface area contributed by atoms with Gasteiger partial charge in [-0.15, -0.1) is 0 Å². The van der Waals surface area contributed by atoms with E-state index >= 15 is 0 Å². The molecule has 35 heavy (non-hydrogen) atoms. The van der Waals surface area contributed by atoms with E-state index in [4.69, 9.17) is 0 Å². The van der Waals surface area contributed by atoms with Gasteiger partial charge in [-0.3, -0.25) is 0 Å². The summed E-state index contributed by atoms with van der Waals surface area (Å²) in [6, 6.07) is 0. The smallest absolute Gasteiger partial charge is 0.106 e. The Morgan fingerprint density at radius 2 is 1.60 bits per heavy atom. The first-order valence-corrected chi connectivity index (χ1v) is 14.7. The second kappa shape index (κ2) is 8.29. The van der Waals surface area contributed by atoms with Crippen LogP contribution in [0.25, 0.3) is 0 Å². The highest BCUT2D eigenvalue weighted by Gasteiger charge is 2.66. The summed E-state index contributed by atoms with van der Waals surface area (Å²) in [5.74, 6) is 2.89. The first-order valence-electron chi connectivity index (χ1n) is 14.7. The Morgan fingerprint density at radius 3 is 2.20 bits per heavy atom. The normalized spacial score (nSPS) is 56.2. The van der Waals surface area contributed by atoms with Crippen LogP contribution < -0.4 is 0 Å². The van der Waals surface area contributed by atoms with Crippen LogP contribution in [-0.2, 0) is 0 Å². The molecule has 0 aromatic heterocycles. The van der Waals surface area contributed by atoms with Crippen molar-refractivity contribution in [3.8, 4) is 0 Å². The number of hydrogen-bond donors (Lipinski definition) is 4. The zero-order valence-electron chi connectivity index (χ0n) is 23.3. The molecule has 0 amide bonds. The minimum atomic E-state index is -1.18. The van der Waals surface area contributed by atoms with Crippen LogP contribution in [0.5, 0.6) is 0 Å². The Morgan fingerprint density at radius 1 is 0.943 bits per heavy atom. The van der Waals surface area contributed by atoms with E-state index in [1.807, 2.05) is 0 Å². The Hall–Kier alpha value is -0.420. The summed E-state index contributed by atoms with van der Waals surface area (Å²) in [5.41, 5.74) is 1.76. The van der Waals surface area contributed by atoms with Crippen molar-refractivity contribution in [3.63, 3.8) is 0 Å². The van der Waals surface area contributed by atoms with Crippen molar-refractivity contribution in [1.82, 2.24) is 0 Å². The van der Waals surface area contributed by atoms with Crippen molar-refractivity contribution in [2.75, 3.05) is 0 Å². The molecule has 4 fully saturated rings. The Bertz CT molecular complexity index is 868. The summed E-state index contributed by atoms with van der Waals surface area (Å²) in [7, 11) is 0. The fraction of sp³-hybridized carbons (Fsp3) is 0.935. The molecular formula is C31H52O4. The predicted molar refractivity (Wildman–Crippen MR) is 139 cm³/mol. The van der Waals surface area contributed by atoms with Gasteiger partial charge in [0.25, 0.3) is 0 Å². The van der Waals surface area contributed by atoms with E-state index in [9.17, 15) is 20.4 Å². The number of fused-ring (bicyclic) bond motifs is 5. The minimum Gasteiger partial charge on any atom is -0.393 e. The third-order valence-corrected chi connectivity index (χ3v) is 13.4. The molecule has 4 nitrogen and oxygen atoms in total. The van der Waals surface area contributed by atoms with Crippen molar-refractivity contribution >= 4 is 0 Å². The number of rotatable bonds is 5. The lowest BCUT2D eigenvalue weighted by Gasteiger charge is -2.63. The van der Waals surface area contributed by atoms with Gasteiger partial charge in [-0.2, -0.15) is 0 Å². The highest BCUT2D eigenvalue weighted by Crippen LogP contribution is 2.72. The van der Waals surface area contributed by atoms with Crippen LogP contribution in [0.2, 0.25) is 0 Å². The van der Waals surface area contributed by atoms with E-state index in [-0.39, 0.29) is 16.7 Å². The SMILES string of the molecule is CC(CCC1(C(C)C)CC1C)C1CCC2(C)C3CC(O)C4C(O)C(O)C(O)CC4(C)C3=CCC12C. The molecule has 4 heteroatoms. The molecule has 0 radical (unpaired) electrons. The molecular weight excluding hydrogens is 436 g/mol. The van der Waals surface area contributed by atoms with Crippen LogP contribution in [0.3, 0.4) is 0 Å². The van der Waals surface area contributed by atoms with Gasteiger partial charge < -0.3 is 20.4 Å². The van der Waals surface area contributed by atoms with Crippen LogP contribution in [0.4, 0.5) is 0 Å². The summed E-state index contributed by atoms with van der Waals surface area (Å²) in [4.78, 5) is 0. The lowest BCUT2D eigenvalue weighted by molar-refractivity contribution is -0.195. The second-order valence-corrected chi connectivity index (χ2v) is 14.9. The molecule has 0 spiro atoms. The Labute approximate surface area is 213 Å². The first kappa shape index (κ1) is 26.2. The van der Waals surface area contributed by atoms with Crippen LogP contribution >= 0.6 is 0 Å². The number of hydrogen-bond acceptors (Lipinski definition) is 4. The predicted octanol–water partition coefficient (Wildman–Crippen LogP) is 5.33. The summed E-state index contributed by atoms with van der Waals surface area (Å²) in [5, 5.41) is 43.2. The van der Waals surface area contributed by atoms with Gasteiger partial charge in [-0.1, -0.05) is 60.1 Å². The van der Waals surface area contributed by atoms with Gasteiger partial charge in [-0.05, 0) is 103 Å². The molecule has 0 aromatic carbocycles. The number of aliphatic hydroxyl groups excluding tert-OH is 4. The summed E-state index contributed by atoms with van der Waals surface area (Å²) < 4.78 is 0. The monoisotopic (exact) mass is 488 g/mol. The highest BCUT2D eigenvalue weighted by molar-refractivity contribution is 5.34. The van der Waals surface area contributed by atoms with Crippen LogP contribution in [-0.4, -0.2) is 44.8 Å². The van der Waals surface area contributed by atoms with E-state index < -0.39 is 35.7 Å². The van der Waals surface area contributed by atoms with Gasteiger partial charge in [0.1, 0.15) is 6.10 Å². The van der Waals surface area contributed by atoms with Crippen molar-refractivity contribution in [2.24, 2.45) is 57.2 Å². The van der Waals surface area contributed by atoms with Gasteiger partial charge >= 0.3 is 0 Å². The minimum absolute atomic E-state index is 0.111. The van der Waals surface area contributed by atoms with E-state index in [0.29, 0.717) is 30.1 Å². The van der Waals surface area contributed by atoms with Crippen LogP contribution in [0, 0.1) is 57.2 Å². The van der Waals surface area contributed by atoms with Gasteiger partial charge in [0.2, 0.25) is 0 Å². The first-order chi connectivity index (χ1) is 16.2. The van der Waals surface area contributed by atoms with Gasteiger partial charge in [-0.25, -0.2) is 0 Å². The molecule has 0 bridgehead atoms. The summed E-state index contributed by atoms with van der Waals surface area (Å²) in [6.45, 7) is 16.9. The number of aliphatic hydroxyl groups is 4. The van der Waals surface area contributed by atoms with Gasteiger partial charge in [0.15, 0.2) is 0 Å². The molecule has 0 aromatic rings. The number of allylic oxidation sites excluding steroid dienone is 2. The van der Waals surface area contributed by atoms with E-state index in [0.717, 1.165) is 18.3 Å². The topological polar surface area (TPSA) is 80.9 Å². The highest BCUT2D eigenvalue weighted by atomic mass is 16.4. The van der Waals surface area contributed by atoms with Crippen LogP contribution in [0.1, 0.15) is 99.8 Å². The van der Waals surface area contributed by atoms with Gasteiger partial charge in [0.05, 0.1) is 18.3 Å². The summed E-state index contributed by atoms with van der Waals surface area (Å²) in [6.07, 6.45) is 7.22. The molecule has 13 unspecified atom stereocenters. The fourth-order valence-electron chi connectivity index (χ4n) is 10.7. The van der Waals surface area contributed by atoms with E-state index in [1.165, 1.54) is 37.7 Å². The molecule has 0 heterocycles. The molecule has 13 atom stereocenters. The lowest BCUT2D eigenvalue weighted by Crippen LogP contribution is -2.64. The second-order valence-electron chi connectivity index (χ2n) is 14.9. The van der Waals surface area contributed by atoms with Crippen LogP contribution in [0.15, 0.2) is 11.6 Å². The molecule has 4 saturated carbocycles.